The van der Waals surface area contributed by atoms with E-state index in [4.69, 9.17) is 9.47 Å². The van der Waals surface area contributed by atoms with Crippen LogP contribution >= 0.6 is 23.5 Å². The van der Waals surface area contributed by atoms with Crippen molar-refractivity contribution < 1.29 is 9.47 Å². The minimum atomic E-state index is -2.07. The number of fused-ring (bicyclic) bond motifs is 6. The molecular weight excluding hydrogens is 791 g/mol. The van der Waals surface area contributed by atoms with Crippen molar-refractivity contribution in [1.82, 2.24) is 0 Å². The first-order chi connectivity index (χ1) is 28.8. The van der Waals surface area contributed by atoms with Crippen LogP contribution in [-0.4, -0.2) is 16.1 Å². The fourth-order valence-corrected chi connectivity index (χ4v) is 17.1. The normalized spacial score (nSPS) is 14.8. The van der Waals surface area contributed by atoms with E-state index in [1.165, 1.54) is 51.5 Å². The van der Waals surface area contributed by atoms with Crippen LogP contribution in [0.3, 0.4) is 0 Å². The fraction of sp³-hybridized carbons (Fsp3) is 0.0769. The van der Waals surface area contributed by atoms with Crippen molar-refractivity contribution in [3.8, 4) is 45.3 Å². The molecule has 0 aromatic heterocycles. The van der Waals surface area contributed by atoms with Crippen molar-refractivity contribution in [2.24, 2.45) is 0 Å². The maximum atomic E-state index is 6.93. The first kappa shape index (κ1) is 36.4. The zero-order valence-corrected chi connectivity index (χ0v) is 37.0. The van der Waals surface area contributed by atoms with Crippen molar-refractivity contribution in [1.29, 1.82) is 0 Å². The molecule has 0 spiro atoms. The second-order valence-electron chi connectivity index (χ2n) is 16.5. The Hall–Kier alpha value is -5.71. The number of hydrogen-bond acceptors (Lipinski definition) is 5. The Kier molecular flexibility index (Phi) is 8.60. The molecular formula is C52H41NO2S2Si2. The van der Waals surface area contributed by atoms with Gasteiger partial charge in [-0.2, -0.15) is 0 Å². The van der Waals surface area contributed by atoms with Gasteiger partial charge in [-0.25, -0.2) is 0 Å². The summed E-state index contributed by atoms with van der Waals surface area (Å²) in [7, 11) is -4.04. The second-order valence-corrected chi connectivity index (χ2v) is 27.3. The van der Waals surface area contributed by atoms with E-state index in [1.807, 2.05) is 23.5 Å². The molecule has 0 radical (unpaired) electrons. The van der Waals surface area contributed by atoms with E-state index >= 15 is 0 Å². The van der Waals surface area contributed by atoms with Crippen LogP contribution in [0.25, 0.3) is 22.3 Å². The molecule has 59 heavy (non-hydrogen) atoms. The average Bonchev–Trinajstić information content (AvgIpc) is 3.26. The third-order valence-corrected chi connectivity index (χ3v) is 21.9. The van der Waals surface area contributed by atoms with Crippen LogP contribution in [0.2, 0.25) is 26.2 Å². The predicted molar refractivity (Wildman–Crippen MR) is 253 cm³/mol. The number of ether oxygens (including phenoxy) is 2. The van der Waals surface area contributed by atoms with Crippen LogP contribution in [0, 0.1) is 0 Å². The number of anilines is 3. The molecule has 0 unspecified atom stereocenters. The molecule has 3 nitrogen and oxygen atoms in total. The lowest BCUT2D eigenvalue weighted by atomic mass is 10.0. The van der Waals surface area contributed by atoms with Gasteiger partial charge in [0.15, 0.2) is 5.75 Å². The molecule has 0 fully saturated rings. The summed E-state index contributed by atoms with van der Waals surface area (Å²) in [6.45, 7) is 9.73. The second kappa shape index (κ2) is 14.0. The van der Waals surface area contributed by atoms with Gasteiger partial charge in [0.05, 0.1) is 5.69 Å². The van der Waals surface area contributed by atoms with Gasteiger partial charge in [-0.05, 0) is 98.1 Å². The summed E-state index contributed by atoms with van der Waals surface area (Å²) in [5.74, 6) is 3.87. The van der Waals surface area contributed by atoms with Gasteiger partial charge in [0.2, 0.25) is 0 Å². The molecule has 286 valence electrons. The summed E-state index contributed by atoms with van der Waals surface area (Å²) in [5.41, 5.74) is 7.86. The topological polar surface area (TPSA) is 21.7 Å². The molecule has 7 heteroatoms. The standard InChI is InChI=1S/C52H41NO2S2Si2/c1-58(2)46-22-9-5-17-41(46)54-50-38(14-12-24-48(50)58)34-26-30-36(31-27-34)53(40-16-13-25-49-51(40)55-42-18-6-10-23-47(42)59(49,3)4)37-32-28-35(29-33-37)39-15-11-21-45-52(39)57-44-20-8-7-19-43(44)56-45/h5-33H,1-4H3. The van der Waals surface area contributed by atoms with Crippen molar-refractivity contribution in [3.05, 3.63) is 176 Å². The van der Waals surface area contributed by atoms with E-state index in [0.29, 0.717) is 0 Å². The van der Waals surface area contributed by atoms with Crippen molar-refractivity contribution in [2.75, 3.05) is 4.90 Å². The first-order valence-corrected chi connectivity index (χ1v) is 27.8. The molecule has 0 amide bonds. The van der Waals surface area contributed by atoms with E-state index in [1.54, 1.807) is 0 Å². The zero-order valence-electron chi connectivity index (χ0n) is 33.3. The Balaban J connectivity index is 1.02. The van der Waals surface area contributed by atoms with Crippen molar-refractivity contribution in [3.63, 3.8) is 0 Å². The zero-order chi connectivity index (χ0) is 39.9. The molecule has 8 aromatic carbocycles. The Morgan fingerprint density at radius 2 is 0.847 bits per heavy atom. The highest BCUT2D eigenvalue weighted by Crippen LogP contribution is 2.52. The first-order valence-electron chi connectivity index (χ1n) is 20.2. The van der Waals surface area contributed by atoms with E-state index in [0.717, 1.165) is 51.2 Å². The maximum Gasteiger partial charge on any atom is 0.151 e. The molecule has 3 aliphatic heterocycles. The lowest BCUT2D eigenvalue weighted by Crippen LogP contribution is -2.56. The van der Waals surface area contributed by atoms with Crippen LogP contribution in [0.4, 0.5) is 17.1 Å². The molecule has 0 saturated carbocycles. The van der Waals surface area contributed by atoms with Crippen LogP contribution in [0.1, 0.15) is 0 Å². The van der Waals surface area contributed by atoms with Gasteiger partial charge in [-0.1, -0.05) is 165 Å². The number of hydrogen-bond donors (Lipinski definition) is 0. The lowest BCUT2D eigenvalue weighted by molar-refractivity contribution is 0.487. The van der Waals surface area contributed by atoms with E-state index in [-0.39, 0.29) is 0 Å². The van der Waals surface area contributed by atoms with Crippen LogP contribution in [0.15, 0.2) is 196 Å². The van der Waals surface area contributed by atoms with Crippen LogP contribution in [0.5, 0.6) is 23.0 Å². The third kappa shape index (κ3) is 5.93. The highest BCUT2D eigenvalue weighted by Gasteiger charge is 2.39. The molecule has 0 N–H and O–H groups in total. The molecule has 0 bridgehead atoms. The molecule has 11 rings (SSSR count). The monoisotopic (exact) mass is 831 g/mol. The smallest absolute Gasteiger partial charge is 0.151 e. The number of nitrogens with zero attached hydrogens (tertiary/aromatic N) is 1. The van der Waals surface area contributed by atoms with Gasteiger partial charge in [-0.15, -0.1) is 0 Å². The summed E-state index contributed by atoms with van der Waals surface area (Å²) in [5, 5.41) is 5.31. The fourth-order valence-electron chi connectivity index (χ4n) is 9.10. The van der Waals surface area contributed by atoms with Crippen molar-refractivity contribution in [2.45, 2.75) is 45.8 Å². The highest BCUT2D eigenvalue weighted by atomic mass is 32.2. The van der Waals surface area contributed by atoms with Gasteiger partial charge in [-0.3, -0.25) is 0 Å². The average molecular weight is 832 g/mol. The molecule has 3 aliphatic rings. The molecule has 0 atom stereocenters. The van der Waals surface area contributed by atoms with E-state index < -0.39 is 16.1 Å². The lowest BCUT2D eigenvalue weighted by Gasteiger charge is -2.36. The third-order valence-electron chi connectivity index (χ3n) is 12.3. The quantitative estimate of drug-likeness (QED) is 0.161. The summed E-state index contributed by atoms with van der Waals surface area (Å²) in [6, 6.07) is 64.0. The van der Waals surface area contributed by atoms with Gasteiger partial charge in [0.25, 0.3) is 0 Å². The minimum absolute atomic E-state index is 0.941. The predicted octanol–water partition coefficient (Wildman–Crippen LogP) is 13.0. The Labute approximate surface area is 356 Å². The van der Waals surface area contributed by atoms with Crippen LogP contribution < -0.4 is 35.1 Å². The minimum Gasteiger partial charge on any atom is -0.457 e. The highest BCUT2D eigenvalue weighted by molar-refractivity contribution is 8.05. The largest absolute Gasteiger partial charge is 0.457 e. The van der Waals surface area contributed by atoms with Gasteiger partial charge >= 0.3 is 0 Å². The number of para-hydroxylation sites is 4. The Morgan fingerprint density at radius 3 is 1.49 bits per heavy atom. The van der Waals surface area contributed by atoms with Gasteiger partial charge < -0.3 is 14.4 Å². The molecule has 3 heterocycles. The summed E-state index contributed by atoms with van der Waals surface area (Å²) in [4.78, 5) is 7.61. The molecule has 0 saturated heterocycles. The maximum absolute atomic E-state index is 6.93. The van der Waals surface area contributed by atoms with Gasteiger partial charge in [0.1, 0.15) is 33.4 Å². The van der Waals surface area contributed by atoms with Crippen molar-refractivity contribution >= 4 is 77.5 Å². The molecule has 0 aliphatic carbocycles. The molecule has 8 aromatic rings. The van der Waals surface area contributed by atoms with Crippen LogP contribution in [-0.2, 0) is 0 Å². The SMILES string of the molecule is C[Si]1(C)c2ccccc2Oc2c(-c3ccc(N(c4ccc(-c5cccc6c5Sc5ccccc5S6)cc4)c4cccc5c4Oc4ccccc4[Si]5(C)C)cc3)cccc21. The summed E-state index contributed by atoms with van der Waals surface area (Å²) in [6.07, 6.45) is 0. The Bertz CT molecular complexity index is 2960. The number of rotatable bonds is 5. The summed E-state index contributed by atoms with van der Waals surface area (Å²) >= 11 is 3.73. The number of benzene rings is 8. The summed E-state index contributed by atoms with van der Waals surface area (Å²) < 4.78 is 13.7. The van der Waals surface area contributed by atoms with Gasteiger partial charge in [0, 0.05) is 36.5 Å². The van der Waals surface area contributed by atoms with E-state index in [2.05, 4.69) is 207 Å². The Morgan fingerprint density at radius 1 is 0.390 bits per heavy atom. The van der Waals surface area contributed by atoms with E-state index in [9.17, 15) is 0 Å².